The maximum Gasteiger partial charge on any atom is 0.414 e. The molecule has 1 heterocycles. The van der Waals surface area contributed by atoms with Crippen molar-refractivity contribution in [2.45, 2.75) is 6.92 Å². The molecule has 0 aliphatic carbocycles. The van der Waals surface area contributed by atoms with Gasteiger partial charge < -0.3 is 19.3 Å². The number of rotatable bonds is 4. The van der Waals surface area contributed by atoms with E-state index >= 15 is 0 Å². The summed E-state index contributed by atoms with van der Waals surface area (Å²) in [6, 6.07) is 5.27. The van der Waals surface area contributed by atoms with E-state index in [1.807, 2.05) is 30.8 Å². The minimum absolute atomic E-state index is 0.415. The van der Waals surface area contributed by atoms with Gasteiger partial charge in [-0.05, 0) is 25.1 Å². The molecule has 22 heavy (non-hydrogen) atoms. The minimum Gasteiger partial charge on any atom is -0.478 e. The van der Waals surface area contributed by atoms with Crippen molar-refractivity contribution >= 4 is 29.0 Å². The Hall–Kier alpha value is -2.76. The Balaban J connectivity index is 2.34. The zero-order valence-corrected chi connectivity index (χ0v) is 12.7. The van der Waals surface area contributed by atoms with Crippen LogP contribution in [0.1, 0.15) is 12.5 Å². The van der Waals surface area contributed by atoms with Gasteiger partial charge in [-0.3, -0.25) is 0 Å². The number of carboxylic acids is 1. The first-order valence-electron chi connectivity index (χ1n) is 6.85. The molecule has 1 aromatic carbocycles. The van der Waals surface area contributed by atoms with Crippen LogP contribution >= 0.6 is 0 Å². The van der Waals surface area contributed by atoms with Crippen molar-refractivity contribution in [1.29, 1.82) is 0 Å². The molecule has 0 aliphatic heterocycles. The van der Waals surface area contributed by atoms with Gasteiger partial charge in [0.25, 0.3) is 0 Å². The zero-order valence-electron chi connectivity index (χ0n) is 12.7. The largest absolute Gasteiger partial charge is 0.478 e. The molecular formula is C16H18N2O4. The van der Waals surface area contributed by atoms with Crippen molar-refractivity contribution < 1.29 is 19.4 Å². The number of amides is 1. The quantitative estimate of drug-likeness (QED) is 0.881. The predicted octanol–water partition coefficient (Wildman–Crippen LogP) is 2.73. The zero-order chi connectivity index (χ0) is 16.3. The third-order valence-corrected chi connectivity index (χ3v) is 3.39. The molecule has 1 N–H and O–H groups in total. The fourth-order valence-electron chi connectivity index (χ4n) is 2.06. The molecule has 6 nitrogen and oxygen atoms in total. The average Bonchev–Trinajstić information content (AvgIpc) is 2.80. The van der Waals surface area contributed by atoms with Crippen LogP contribution in [0, 0.1) is 0 Å². The van der Waals surface area contributed by atoms with E-state index in [0.717, 1.165) is 22.5 Å². The maximum atomic E-state index is 11.8. The van der Waals surface area contributed by atoms with Crippen LogP contribution in [0.5, 0.6) is 5.75 Å². The number of nitrogens with zero attached hydrogens (tertiary/aromatic N) is 2. The molecular weight excluding hydrogens is 284 g/mol. The van der Waals surface area contributed by atoms with Crippen molar-refractivity contribution in [3.63, 3.8) is 0 Å². The normalized spacial score (nSPS) is 11.0. The molecule has 1 aromatic heterocycles. The highest BCUT2D eigenvalue weighted by Crippen LogP contribution is 2.26. The summed E-state index contributed by atoms with van der Waals surface area (Å²) in [5.41, 5.74) is 1.65. The summed E-state index contributed by atoms with van der Waals surface area (Å²) in [6.07, 6.45) is 4.05. The lowest BCUT2D eigenvalue weighted by Crippen LogP contribution is -2.29. The summed E-state index contributed by atoms with van der Waals surface area (Å²) >= 11 is 0. The van der Waals surface area contributed by atoms with Gasteiger partial charge in [-0.25, -0.2) is 9.59 Å². The molecule has 0 fully saturated rings. The number of fused-ring (bicyclic) bond motifs is 1. The van der Waals surface area contributed by atoms with Crippen LogP contribution in [0.2, 0.25) is 0 Å². The number of aromatic nitrogens is 1. The predicted molar refractivity (Wildman–Crippen MR) is 83.9 cm³/mol. The van der Waals surface area contributed by atoms with E-state index in [1.54, 1.807) is 25.3 Å². The van der Waals surface area contributed by atoms with Crippen molar-refractivity contribution in [3.05, 3.63) is 36.0 Å². The molecule has 0 radical (unpaired) electrons. The molecule has 0 aliphatic rings. The molecule has 6 heteroatoms. The molecule has 2 aromatic rings. The molecule has 0 saturated heterocycles. The van der Waals surface area contributed by atoms with Crippen LogP contribution < -0.4 is 4.74 Å². The first kappa shape index (κ1) is 15.6. The lowest BCUT2D eigenvalue weighted by Gasteiger charge is -2.14. The Morgan fingerprint density at radius 2 is 2.14 bits per heavy atom. The number of carboxylic acid groups (broad SMARTS) is 1. The number of aliphatic carboxylic acids is 1. The summed E-state index contributed by atoms with van der Waals surface area (Å²) in [7, 11) is 3.52. The standard InChI is InChI=1S/C16H18N2O4/c1-4-17(2)16(21)22-12-6-7-13-11(5-8-15(19)20)10-18(3)14(13)9-12/h5-10H,4H2,1-3H3,(H,19,20). The highest BCUT2D eigenvalue weighted by atomic mass is 16.6. The van der Waals surface area contributed by atoms with Gasteiger partial charge in [0.2, 0.25) is 0 Å². The molecule has 0 saturated carbocycles. The van der Waals surface area contributed by atoms with Gasteiger partial charge in [0.15, 0.2) is 0 Å². The van der Waals surface area contributed by atoms with Gasteiger partial charge in [-0.2, -0.15) is 0 Å². The number of carbonyl (C=O) groups is 2. The fraction of sp³-hybridized carbons (Fsp3) is 0.250. The fourth-order valence-corrected chi connectivity index (χ4v) is 2.06. The van der Waals surface area contributed by atoms with E-state index in [9.17, 15) is 9.59 Å². The van der Waals surface area contributed by atoms with Gasteiger partial charge in [-0.1, -0.05) is 0 Å². The second kappa shape index (κ2) is 6.34. The van der Waals surface area contributed by atoms with Crippen molar-refractivity contribution in [2.75, 3.05) is 13.6 Å². The van der Waals surface area contributed by atoms with Gasteiger partial charge in [0.05, 0.1) is 5.52 Å². The Morgan fingerprint density at radius 3 is 2.77 bits per heavy atom. The number of ether oxygens (including phenoxy) is 1. The van der Waals surface area contributed by atoms with Crippen LogP contribution in [-0.4, -0.2) is 40.2 Å². The Morgan fingerprint density at radius 1 is 1.41 bits per heavy atom. The van der Waals surface area contributed by atoms with E-state index in [4.69, 9.17) is 9.84 Å². The second-order valence-corrected chi connectivity index (χ2v) is 4.93. The highest BCUT2D eigenvalue weighted by Gasteiger charge is 2.11. The van der Waals surface area contributed by atoms with E-state index in [1.165, 1.54) is 4.90 Å². The monoisotopic (exact) mass is 302 g/mol. The number of benzene rings is 1. The van der Waals surface area contributed by atoms with Crippen molar-refractivity contribution in [2.24, 2.45) is 7.05 Å². The highest BCUT2D eigenvalue weighted by molar-refractivity contribution is 5.94. The van der Waals surface area contributed by atoms with Gasteiger partial charge in [0.1, 0.15) is 5.75 Å². The van der Waals surface area contributed by atoms with Crippen molar-refractivity contribution in [1.82, 2.24) is 9.47 Å². The van der Waals surface area contributed by atoms with Gasteiger partial charge >= 0.3 is 12.1 Å². The van der Waals surface area contributed by atoms with Crippen LogP contribution in [0.25, 0.3) is 17.0 Å². The summed E-state index contributed by atoms with van der Waals surface area (Å²) in [6.45, 7) is 2.43. The van der Waals surface area contributed by atoms with Crippen molar-refractivity contribution in [3.8, 4) is 5.75 Å². The smallest absolute Gasteiger partial charge is 0.414 e. The second-order valence-electron chi connectivity index (χ2n) is 4.93. The summed E-state index contributed by atoms with van der Waals surface area (Å²) < 4.78 is 7.16. The SMILES string of the molecule is CCN(C)C(=O)Oc1ccc2c(C=CC(=O)O)cn(C)c2c1. The summed E-state index contributed by atoms with van der Waals surface area (Å²) in [5.74, 6) is -0.544. The Bertz CT molecular complexity index is 746. The van der Waals surface area contributed by atoms with Gasteiger partial charge in [0, 0.05) is 49.9 Å². The topological polar surface area (TPSA) is 71.8 Å². The van der Waals surface area contributed by atoms with Crippen LogP contribution in [0.3, 0.4) is 0 Å². The minimum atomic E-state index is -0.995. The molecule has 0 spiro atoms. The van der Waals surface area contributed by atoms with Crippen LogP contribution in [-0.2, 0) is 11.8 Å². The average molecular weight is 302 g/mol. The van der Waals surface area contributed by atoms with E-state index in [-0.39, 0.29) is 0 Å². The third kappa shape index (κ3) is 3.28. The molecule has 2 rings (SSSR count). The number of hydrogen-bond acceptors (Lipinski definition) is 3. The van der Waals surface area contributed by atoms with Gasteiger partial charge in [-0.15, -0.1) is 0 Å². The molecule has 1 amide bonds. The molecule has 0 bridgehead atoms. The molecule has 0 atom stereocenters. The van der Waals surface area contributed by atoms with E-state index < -0.39 is 12.1 Å². The van der Waals surface area contributed by atoms with Crippen LogP contribution in [0.15, 0.2) is 30.5 Å². The maximum absolute atomic E-state index is 11.8. The number of carbonyl (C=O) groups excluding carboxylic acids is 1. The Kier molecular flexibility index (Phi) is 4.50. The van der Waals surface area contributed by atoms with Crippen LogP contribution in [0.4, 0.5) is 4.79 Å². The first-order valence-corrected chi connectivity index (χ1v) is 6.85. The lowest BCUT2D eigenvalue weighted by molar-refractivity contribution is -0.131. The van der Waals surface area contributed by atoms with E-state index in [0.29, 0.717) is 12.3 Å². The molecule has 116 valence electrons. The lowest BCUT2D eigenvalue weighted by atomic mass is 10.1. The summed E-state index contributed by atoms with van der Waals surface area (Å²) in [5, 5.41) is 9.61. The molecule has 0 unspecified atom stereocenters. The summed E-state index contributed by atoms with van der Waals surface area (Å²) in [4.78, 5) is 23.9. The Labute approximate surface area is 128 Å². The first-order chi connectivity index (χ1) is 10.4. The van der Waals surface area contributed by atoms with E-state index in [2.05, 4.69) is 0 Å². The number of hydrogen-bond donors (Lipinski definition) is 1. The third-order valence-electron chi connectivity index (χ3n) is 3.39. The number of aryl methyl sites for hydroxylation is 1.